The van der Waals surface area contributed by atoms with Gasteiger partial charge in [0.05, 0.1) is 0 Å². The zero-order valence-corrected chi connectivity index (χ0v) is 10.3. The number of pyridine rings is 1. The van der Waals surface area contributed by atoms with Crippen LogP contribution in [0.5, 0.6) is 0 Å². The van der Waals surface area contributed by atoms with E-state index in [0.29, 0.717) is 0 Å². The van der Waals surface area contributed by atoms with Crippen LogP contribution in [-0.2, 0) is 5.41 Å². The monoisotopic (exact) mass is 214 g/mol. The van der Waals surface area contributed by atoms with Crippen molar-refractivity contribution in [2.45, 2.75) is 26.2 Å². The summed E-state index contributed by atoms with van der Waals surface area (Å²) in [5.41, 5.74) is 1.51. The van der Waals surface area contributed by atoms with E-state index >= 15 is 0 Å². The van der Waals surface area contributed by atoms with E-state index in [4.69, 9.17) is 0 Å². The normalized spacial score (nSPS) is 11.8. The topological polar surface area (TPSA) is 24.9 Å². The van der Waals surface area contributed by atoms with Crippen molar-refractivity contribution in [2.24, 2.45) is 0 Å². The maximum Gasteiger partial charge on any atom is 0.133 e. The van der Waals surface area contributed by atoms with Gasteiger partial charge in [-0.1, -0.05) is 32.9 Å². The van der Waals surface area contributed by atoms with Gasteiger partial charge in [0.1, 0.15) is 5.82 Å². The second-order valence-electron chi connectivity index (χ2n) is 5.10. The number of hydrogen-bond acceptors (Lipinski definition) is 2. The van der Waals surface area contributed by atoms with Crippen molar-refractivity contribution in [1.29, 1.82) is 0 Å². The van der Waals surface area contributed by atoms with Crippen molar-refractivity contribution in [3.05, 3.63) is 36.0 Å². The Morgan fingerprint density at radius 1 is 1.12 bits per heavy atom. The van der Waals surface area contributed by atoms with Gasteiger partial charge in [0.15, 0.2) is 0 Å². The van der Waals surface area contributed by atoms with Gasteiger partial charge in [0.2, 0.25) is 0 Å². The molecular weight excluding hydrogens is 196 g/mol. The fraction of sp³-hybridized carbons (Fsp3) is 0.357. The van der Waals surface area contributed by atoms with Crippen molar-refractivity contribution in [1.82, 2.24) is 4.98 Å². The molecular formula is C14H18N2. The van der Waals surface area contributed by atoms with Crippen LogP contribution in [0.1, 0.15) is 26.3 Å². The number of nitrogens with zero attached hydrogens (tertiary/aromatic N) is 1. The number of hydrogen-bond donors (Lipinski definition) is 1. The van der Waals surface area contributed by atoms with Crippen LogP contribution in [0.4, 0.5) is 5.82 Å². The Morgan fingerprint density at radius 2 is 1.88 bits per heavy atom. The second kappa shape index (κ2) is 3.78. The third kappa shape index (κ3) is 1.87. The SMILES string of the molecule is CNc1nccc2ccc(C(C)(C)C)cc12. The van der Waals surface area contributed by atoms with Gasteiger partial charge < -0.3 is 5.32 Å². The third-order valence-corrected chi connectivity index (χ3v) is 2.87. The lowest BCUT2D eigenvalue weighted by atomic mass is 9.86. The molecule has 0 aliphatic rings. The Hall–Kier alpha value is -1.57. The zero-order chi connectivity index (χ0) is 11.8. The van der Waals surface area contributed by atoms with Crippen LogP contribution in [-0.4, -0.2) is 12.0 Å². The lowest BCUT2D eigenvalue weighted by Crippen LogP contribution is -2.10. The smallest absolute Gasteiger partial charge is 0.133 e. The van der Waals surface area contributed by atoms with E-state index in [0.717, 1.165) is 5.82 Å². The third-order valence-electron chi connectivity index (χ3n) is 2.87. The largest absolute Gasteiger partial charge is 0.373 e. The number of aromatic nitrogens is 1. The predicted octanol–water partition coefficient (Wildman–Crippen LogP) is 3.57. The molecule has 0 amide bonds. The van der Waals surface area contributed by atoms with Crippen LogP contribution in [0.15, 0.2) is 30.5 Å². The summed E-state index contributed by atoms with van der Waals surface area (Å²) in [4.78, 5) is 4.34. The highest BCUT2D eigenvalue weighted by molar-refractivity contribution is 5.92. The van der Waals surface area contributed by atoms with E-state index in [1.807, 2.05) is 19.3 Å². The van der Waals surface area contributed by atoms with Crippen LogP contribution in [0.2, 0.25) is 0 Å². The zero-order valence-electron chi connectivity index (χ0n) is 10.3. The molecule has 1 heterocycles. The standard InChI is InChI=1S/C14H18N2/c1-14(2,3)11-6-5-10-7-8-16-13(15-4)12(10)9-11/h5-9H,1-4H3,(H,15,16). The van der Waals surface area contributed by atoms with E-state index in [1.165, 1.54) is 16.3 Å². The van der Waals surface area contributed by atoms with Gasteiger partial charge in [-0.05, 0) is 28.5 Å². The van der Waals surface area contributed by atoms with E-state index in [9.17, 15) is 0 Å². The molecule has 0 saturated heterocycles. The van der Waals surface area contributed by atoms with Crippen LogP contribution >= 0.6 is 0 Å². The maximum atomic E-state index is 4.34. The molecule has 2 rings (SSSR count). The minimum Gasteiger partial charge on any atom is -0.373 e. The van der Waals surface area contributed by atoms with Crippen LogP contribution in [0.25, 0.3) is 10.8 Å². The number of fused-ring (bicyclic) bond motifs is 1. The van der Waals surface area contributed by atoms with Crippen LogP contribution in [0.3, 0.4) is 0 Å². The van der Waals surface area contributed by atoms with Crippen molar-refractivity contribution in [2.75, 3.05) is 12.4 Å². The fourth-order valence-corrected chi connectivity index (χ4v) is 1.83. The summed E-state index contributed by atoms with van der Waals surface area (Å²) in [5.74, 6) is 0.948. The molecule has 84 valence electrons. The summed E-state index contributed by atoms with van der Waals surface area (Å²) in [7, 11) is 1.91. The molecule has 0 aliphatic heterocycles. The van der Waals surface area contributed by atoms with E-state index in [1.54, 1.807) is 0 Å². The fourth-order valence-electron chi connectivity index (χ4n) is 1.83. The van der Waals surface area contributed by atoms with Crippen molar-refractivity contribution < 1.29 is 0 Å². The van der Waals surface area contributed by atoms with Crippen molar-refractivity contribution in [3.63, 3.8) is 0 Å². The lowest BCUT2D eigenvalue weighted by Gasteiger charge is -2.19. The van der Waals surface area contributed by atoms with Crippen LogP contribution < -0.4 is 5.32 Å². The maximum absolute atomic E-state index is 4.34. The highest BCUT2D eigenvalue weighted by atomic mass is 14.9. The number of anilines is 1. The summed E-state index contributed by atoms with van der Waals surface area (Å²) >= 11 is 0. The molecule has 2 heteroatoms. The molecule has 1 aromatic heterocycles. The molecule has 2 nitrogen and oxygen atoms in total. The number of benzene rings is 1. The minimum atomic E-state index is 0.176. The van der Waals surface area contributed by atoms with Crippen molar-refractivity contribution >= 4 is 16.6 Å². The summed E-state index contributed by atoms with van der Waals surface area (Å²) < 4.78 is 0. The van der Waals surface area contributed by atoms with Crippen molar-refractivity contribution in [3.8, 4) is 0 Å². The van der Waals surface area contributed by atoms with Crippen LogP contribution in [0, 0.1) is 0 Å². The van der Waals surface area contributed by atoms with Gasteiger partial charge in [0.25, 0.3) is 0 Å². The summed E-state index contributed by atoms with van der Waals surface area (Å²) in [6.07, 6.45) is 1.84. The lowest BCUT2D eigenvalue weighted by molar-refractivity contribution is 0.591. The highest BCUT2D eigenvalue weighted by Gasteiger charge is 2.14. The Kier molecular flexibility index (Phi) is 2.58. The average molecular weight is 214 g/mol. The van der Waals surface area contributed by atoms with Gasteiger partial charge in [-0.2, -0.15) is 0 Å². The summed E-state index contributed by atoms with van der Waals surface area (Å²) in [6.45, 7) is 6.68. The molecule has 0 unspecified atom stereocenters. The van der Waals surface area contributed by atoms with E-state index in [2.05, 4.69) is 49.3 Å². The average Bonchev–Trinajstić information content (AvgIpc) is 2.26. The van der Waals surface area contributed by atoms with Gasteiger partial charge in [0, 0.05) is 18.6 Å². The summed E-state index contributed by atoms with van der Waals surface area (Å²) in [5, 5.41) is 5.56. The Balaban J connectivity index is 2.68. The number of rotatable bonds is 1. The molecule has 0 saturated carbocycles. The summed E-state index contributed by atoms with van der Waals surface area (Å²) in [6, 6.07) is 8.64. The highest BCUT2D eigenvalue weighted by Crippen LogP contribution is 2.28. The quantitative estimate of drug-likeness (QED) is 0.785. The predicted molar refractivity (Wildman–Crippen MR) is 70.0 cm³/mol. The molecule has 0 spiro atoms. The molecule has 2 aromatic rings. The molecule has 0 fully saturated rings. The molecule has 1 N–H and O–H groups in total. The molecule has 0 aliphatic carbocycles. The molecule has 0 atom stereocenters. The Bertz CT molecular complexity index is 510. The molecule has 1 aromatic carbocycles. The van der Waals surface area contributed by atoms with E-state index in [-0.39, 0.29) is 5.41 Å². The van der Waals surface area contributed by atoms with E-state index < -0.39 is 0 Å². The number of nitrogens with one attached hydrogen (secondary N) is 1. The Morgan fingerprint density at radius 3 is 2.50 bits per heavy atom. The first-order valence-electron chi connectivity index (χ1n) is 5.59. The van der Waals surface area contributed by atoms with Gasteiger partial charge in [-0.3, -0.25) is 0 Å². The first-order valence-corrected chi connectivity index (χ1v) is 5.59. The van der Waals surface area contributed by atoms with Gasteiger partial charge in [-0.15, -0.1) is 0 Å². The molecule has 16 heavy (non-hydrogen) atoms. The minimum absolute atomic E-state index is 0.176. The first kappa shape index (κ1) is 10.9. The molecule has 0 radical (unpaired) electrons. The Labute approximate surface area is 96.7 Å². The second-order valence-corrected chi connectivity index (χ2v) is 5.10. The van der Waals surface area contributed by atoms with Gasteiger partial charge >= 0.3 is 0 Å². The first-order chi connectivity index (χ1) is 7.52. The molecule has 0 bridgehead atoms. The van der Waals surface area contributed by atoms with Gasteiger partial charge in [-0.25, -0.2) is 4.98 Å².